The number of ether oxygens (including phenoxy) is 4. The molecule has 2 unspecified atom stereocenters. The third-order valence-electron chi connectivity index (χ3n) is 19.9. The predicted octanol–water partition coefficient (Wildman–Crippen LogP) is 25.7. The van der Waals surface area contributed by atoms with Crippen LogP contribution >= 0.6 is 15.6 Å². The van der Waals surface area contributed by atoms with Crippen molar-refractivity contribution in [3.05, 3.63) is 0 Å². The van der Waals surface area contributed by atoms with Gasteiger partial charge in [0.05, 0.1) is 26.4 Å². The molecule has 0 aromatic rings. The van der Waals surface area contributed by atoms with E-state index < -0.39 is 97.5 Å². The van der Waals surface area contributed by atoms with Crippen molar-refractivity contribution in [2.24, 2.45) is 0 Å². The summed E-state index contributed by atoms with van der Waals surface area (Å²) in [4.78, 5) is 73.0. The third kappa shape index (κ3) is 78.0. The second kappa shape index (κ2) is 78.2. The van der Waals surface area contributed by atoms with E-state index in [4.69, 9.17) is 37.0 Å². The highest BCUT2D eigenvalue weighted by molar-refractivity contribution is 7.47. The molecular weight excluding hydrogens is 1340 g/mol. The Morgan fingerprint density at radius 2 is 0.388 bits per heavy atom. The predicted molar refractivity (Wildman–Crippen MR) is 423 cm³/mol. The van der Waals surface area contributed by atoms with Crippen LogP contribution in [0.2, 0.25) is 0 Å². The van der Waals surface area contributed by atoms with Gasteiger partial charge in [0, 0.05) is 25.7 Å². The molecule has 0 bridgehead atoms. The van der Waals surface area contributed by atoms with Crippen molar-refractivity contribution in [1.82, 2.24) is 0 Å². The molecule has 0 aliphatic rings. The first-order chi connectivity index (χ1) is 50.2. The molecule has 0 amide bonds. The Kier molecular flexibility index (Phi) is 76.7. The van der Waals surface area contributed by atoms with Gasteiger partial charge in [-0.25, -0.2) is 9.13 Å². The fraction of sp³-hybridized carbons (Fsp3) is 0.952. The highest BCUT2D eigenvalue weighted by atomic mass is 31.2. The maximum Gasteiger partial charge on any atom is 0.472 e. The van der Waals surface area contributed by atoms with E-state index in [1.54, 1.807) is 0 Å². The van der Waals surface area contributed by atoms with Crippen LogP contribution in [0.4, 0.5) is 0 Å². The number of aliphatic hydroxyl groups is 1. The molecule has 612 valence electrons. The van der Waals surface area contributed by atoms with Gasteiger partial charge >= 0.3 is 39.5 Å². The zero-order chi connectivity index (χ0) is 75.3. The smallest absolute Gasteiger partial charge is 0.462 e. The van der Waals surface area contributed by atoms with E-state index in [0.717, 1.165) is 89.9 Å². The lowest BCUT2D eigenvalue weighted by Gasteiger charge is -2.21. The van der Waals surface area contributed by atoms with Crippen LogP contribution in [0.15, 0.2) is 0 Å². The van der Waals surface area contributed by atoms with E-state index in [2.05, 4.69) is 27.7 Å². The molecule has 0 saturated carbocycles. The number of hydrogen-bond acceptors (Lipinski definition) is 15. The SMILES string of the molecule is CCCCCCCCCCCCCCCCCCCCCCCCC(=O)O[C@H](COC(=O)CCCCCCCCCCCCCCCCCCCCC)COP(=O)(O)OC[C@@H](O)COP(=O)(O)OC[C@@H](COC(=O)CCCCCCCCCCC)OC(=O)CCCCCCCCCCCCCCC. The topological polar surface area (TPSA) is 237 Å². The van der Waals surface area contributed by atoms with Gasteiger partial charge < -0.3 is 33.8 Å². The van der Waals surface area contributed by atoms with Crippen molar-refractivity contribution >= 4 is 39.5 Å². The van der Waals surface area contributed by atoms with Gasteiger partial charge in [0.25, 0.3) is 0 Å². The summed E-state index contributed by atoms with van der Waals surface area (Å²) >= 11 is 0. The van der Waals surface area contributed by atoms with E-state index in [1.807, 2.05) is 0 Å². The maximum atomic E-state index is 13.1. The minimum atomic E-state index is -4.96. The molecule has 5 atom stereocenters. The first-order valence-electron chi connectivity index (χ1n) is 43.8. The summed E-state index contributed by atoms with van der Waals surface area (Å²) in [5.41, 5.74) is 0. The minimum Gasteiger partial charge on any atom is -0.462 e. The molecule has 0 spiro atoms. The third-order valence-corrected chi connectivity index (χ3v) is 21.8. The molecule has 17 nitrogen and oxygen atoms in total. The Balaban J connectivity index is 5.18. The number of hydrogen-bond donors (Lipinski definition) is 3. The number of carbonyl (C=O) groups is 4. The van der Waals surface area contributed by atoms with Gasteiger partial charge in [-0.15, -0.1) is 0 Å². The van der Waals surface area contributed by atoms with Gasteiger partial charge in [-0.1, -0.05) is 407 Å². The van der Waals surface area contributed by atoms with Gasteiger partial charge in [-0.3, -0.25) is 37.3 Å². The number of aliphatic hydroxyl groups excluding tert-OH is 1. The van der Waals surface area contributed by atoms with E-state index in [-0.39, 0.29) is 25.7 Å². The Bertz CT molecular complexity index is 1950. The number of esters is 4. The molecule has 19 heteroatoms. The van der Waals surface area contributed by atoms with Gasteiger partial charge in [0.2, 0.25) is 0 Å². The number of carbonyl (C=O) groups excluding carboxylic acids is 4. The molecular formula is C84H164O17P2. The molecule has 0 saturated heterocycles. The standard InChI is InChI=1S/C84H164O17P2/c1-5-9-13-17-21-25-28-31-33-35-37-38-39-41-43-45-48-51-55-59-63-67-71-84(89)101-80(75-95-82(87)69-65-61-57-53-49-47-44-42-40-36-34-32-29-26-22-18-14-10-6-2)77-99-103(92,93)97-73-78(85)72-96-102(90,91)98-76-79(74-94-81(86)68-64-60-56-52-24-20-16-12-8-4)100-83(88)70-66-62-58-54-50-46-30-27-23-19-15-11-7-3/h78-80,85H,5-77H2,1-4H3,(H,90,91)(H,92,93)/t78-,79+,80+/m0/s1. The summed E-state index contributed by atoms with van der Waals surface area (Å²) in [6.07, 6.45) is 72.3. The van der Waals surface area contributed by atoms with Crippen LogP contribution in [-0.4, -0.2) is 96.7 Å². The van der Waals surface area contributed by atoms with E-state index in [1.165, 1.54) is 289 Å². The number of unbranched alkanes of at least 4 members (excludes halogenated alkanes) is 59. The van der Waals surface area contributed by atoms with Crippen LogP contribution in [0, 0.1) is 0 Å². The Labute approximate surface area is 632 Å². The monoisotopic (exact) mass is 1510 g/mol. The van der Waals surface area contributed by atoms with Crippen molar-refractivity contribution in [2.75, 3.05) is 39.6 Å². The van der Waals surface area contributed by atoms with Gasteiger partial charge in [-0.2, -0.15) is 0 Å². The van der Waals surface area contributed by atoms with Gasteiger partial charge in [-0.05, 0) is 25.7 Å². The van der Waals surface area contributed by atoms with E-state index in [0.29, 0.717) is 25.7 Å². The fourth-order valence-electron chi connectivity index (χ4n) is 13.2. The van der Waals surface area contributed by atoms with Crippen molar-refractivity contribution < 1.29 is 80.2 Å². The second-order valence-electron chi connectivity index (χ2n) is 30.2. The summed E-state index contributed by atoms with van der Waals surface area (Å²) in [6.45, 7) is 5.02. The summed E-state index contributed by atoms with van der Waals surface area (Å²) in [7, 11) is -9.92. The van der Waals surface area contributed by atoms with E-state index >= 15 is 0 Å². The van der Waals surface area contributed by atoms with Crippen LogP contribution < -0.4 is 0 Å². The lowest BCUT2D eigenvalue weighted by molar-refractivity contribution is -0.161. The quantitative estimate of drug-likeness (QED) is 0.0222. The molecule has 0 fully saturated rings. The summed E-state index contributed by atoms with van der Waals surface area (Å²) in [5.74, 6) is -2.10. The first kappa shape index (κ1) is 101. The number of phosphoric acid groups is 2. The van der Waals surface area contributed by atoms with Gasteiger partial charge in [0.15, 0.2) is 12.2 Å². The van der Waals surface area contributed by atoms with Crippen molar-refractivity contribution in [3.8, 4) is 0 Å². The number of rotatable bonds is 85. The molecule has 0 aromatic carbocycles. The average molecular weight is 1510 g/mol. The normalized spacial score (nSPS) is 13.7. The molecule has 0 heterocycles. The van der Waals surface area contributed by atoms with E-state index in [9.17, 15) is 43.2 Å². The Morgan fingerprint density at radius 1 is 0.233 bits per heavy atom. The van der Waals surface area contributed by atoms with Crippen molar-refractivity contribution in [1.29, 1.82) is 0 Å². The second-order valence-corrected chi connectivity index (χ2v) is 33.1. The van der Waals surface area contributed by atoms with Crippen LogP contribution in [0.5, 0.6) is 0 Å². The van der Waals surface area contributed by atoms with Crippen LogP contribution in [0.1, 0.15) is 458 Å². The average Bonchev–Trinajstić information content (AvgIpc) is 0.938. The molecule has 3 N–H and O–H groups in total. The summed E-state index contributed by atoms with van der Waals surface area (Å²) < 4.78 is 68.8. The molecule has 103 heavy (non-hydrogen) atoms. The highest BCUT2D eigenvalue weighted by Crippen LogP contribution is 2.45. The minimum absolute atomic E-state index is 0.108. The zero-order valence-electron chi connectivity index (χ0n) is 67.3. The van der Waals surface area contributed by atoms with Crippen LogP contribution in [-0.2, 0) is 65.4 Å². The maximum absolute atomic E-state index is 13.1. The highest BCUT2D eigenvalue weighted by Gasteiger charge is 2.30. The molecule has 0 rings (SSSR count). The molecule has 0 aromatic heterocycles. The Morgan fingerprint density at radius 3 is 0.573 bits per heavy atom. The fourth-order valence-corrected chi connectivity index (χ4v) is 14.7. The number of phosphoric ester groups is 2. The van der Waals surface area contributed by atoms with Crippen molar-refractivity contribution in [3.63, 3.8) is 0 Å². The van der Waals surface area contributed by atoms with Crippen LogP contribution in [0.25, 0.3) is 0 Å². The summed E-state index contributed by atoms with van der Waals surface area (Å²) in [5, 5.41) is 10.6. The molecule has 0 aliphatic carbocycles. The molecule has 0 radical (unpaired) electrons. The van der Waals surface area contributed by atoms with Crippen molar-refractivity contribution in [2.45, 2.75) is 476 Å². The van der Waals surface area contributed by atoms with Gasteiger partial charge in [0.1, 0.15) is 19.3 Å². The summed E-state index contributed by atoms with van der Waals surface area (Å²) in [6, 6.07) is 0. The Hall–Kier alpha value is -1.94. The lowest BCUT2D eigenvalue weighted by Crippen LogP contribution is -2.30. The van der Waals surface area contributed by atoms with Crippen LogP contribution in [0.3, 0.4) is 0 Å². The molecule has 0 aliphatic heterocycles. The first-order valence-corrected chi connectivity index (χ1v) is 46.8. The zero-order valence-corrected chi connectivity index (χ0v) is 69.1. The largest absolute Gasteiger partial charge is 0.472 e. The lowest BCUT2D eigenvalue weighted by atomic mass is 10.0.